The third-order valence-electron chi connectivity index (χ3n) is 1.42. The van der Waals surface area contributed by atoms with Gasteiger partial charge in [0.05, 0.1) is 5.60 Å². The Kier molecular flexibility index (Phi) is 3.87. The van der Waals surface area contributed by atoms with Gasteiger partial charge in [0.15, 0.2) is 0 Å². The Morgan fingerprint density at radius 2 is 1.78 bits per heavy atom. The lowest BCUT2D eigenvalue weighted by Crippen LogP contribution is -2.15. The summed E-state index contributed by atoms with van der Waals surface area (Å²) in [4.78, 5) is 0. The minimum absolute atomic E-state index is 0.194. The van der Waals surface area contributed by atoms with E-state index in [0.717, 1.165) is 6.61 Å². The Labute approximate surface area is 58.4 Å². The maximum Gasteiger partial charge on any atom is 0.0627 e. The summed E-state index contributed by atoms with van der Waals surface area (Å²) in [5.74, 6) is 0. The fourth-order valence-corrected chi connectivity index (χ4v) is 0.919. The van der Waals surface area contributed by atoms with Crippen molar-refractivity contribution in [2.45, 2.75) is 46.1 Å². The second-order valence-corrected chi connectivity index (χ2v) is 2.71. The van der Waals surface area contributed by atoms with Crippen LogP contribution in [0.1, 0.15) is 40.5 Å². The lowest BCUT2D eigenvalue weighted by atomic mass is 10.1. The maximum atomic E-state index is 5.34. The first-order valence-electron chi connectivity index (χ1n) is 3.85. The van der Waals surface area contributed by atoms with Crippen LogP contribution in [0.25, 0.3) is 0 Å². The van der Waals surface area contributed by atoms with Gasteiger partial charge in [-0.1, -0.05) is 13.8 Å². The second kappa shape index (κ2) is 3.89. The van der Waals surface area contributed by atoms with E-state index in [1.54, 1.807) is 0 Å². The lowest BCUT2D eigenvalue weighted by Gasteiger charge is -2.14. The minimum atomic E-state index is 0.194. The normalized spacial score (nSPS) is 22.7. The molecule has 0 saturated carbocycles. The highest BCUT2D eigenvalue weighted by Gasteiger charge is 2.22. The van der Waals surface area contributed by atoms with Gasteiger partial charge in [-0.3, -0.25) is 0 Å². The third kappa shape index (κ3) is 3.52. The Bertz CT molecular complexity index is 59.0. The zero-order valence-corrected chi connectivity index (χ0v) is 7.03. The quantitative estimate of drug-likeness (QED) is 0.489. The van der Waals surface area contributed by atoms with Crippen LogP contribution in [0.2, 0.25) is 0 Å². The van der Waals surface area contributed by atoms with Crippen molar-refractivity contribution >= 4 is 0 Å². The molecule has 1 aliphatic rings. The molecule has 1 nitrogen and oxygen atoms in total. The van der Waals surface area contributed by atoms with Crippen molar-refractivity contribution < 1.29 is 4.74 Å². The van der Waals surface area contributed by atoms with Crippen LogP contribution >= 0.6 is 0 Å². The van der Waals surface area contributed by atoms with E-state index in [2.05, 4.69) is 13.8 Å². The van der Waals surface area contributed by atoms with Crippen LogP contribution in [0, 0.1) is 0 Å². The number of hydrogen-bond donors (Lipinski definition) is 0. The van der Waals surface area contributed by atoms with Gasteiger partial charge in [0.1, 0.15) is 0 Å². The van der Waals surface area contributed by atoms with Gasteiger partial charge in [0, 0.05) is 6.61 Å². The van der Waals surface area contributed by atoms with Crippen LogP contribution in [0.4, 0.5) is 0 Å². The molecular weight excluding hydrogens is 112 g/mol. The molecule has 0 aromatic rings. The average molecular weight is 130 g/mol. The van der Waals surface area contributed by atoms with Crippen LogP contribution in [-0.2, 0) is 4.74 Å². The van der Waals surface area contributed by atoms with E-state index in [0.29, 0.717) is 0 Å². The first kappa shape index (κ1) is 8.96. The van der Waals surface area contributed by atoms with Crippen LogP contribution < -0.4 is 0 Å². The van der Waals surface area contributed by atoms with Gasteiger partial charge in [0.2, 0.25) is 0 Å². The van der Waals surface area contributed by atoms with E-state index in [4.69, 9.17) is 4.74 Å². The summed E-state index contributed by atoms with van der Waals surface area (Å²) in [6, 6.07) is 0. The first-order valence-corrected chi connectivity index (χ1v) is 3.85. The fraction of sp³-hybridized carbons (Fsp3) is 1.00. The molecule has 0 amide bonds. The molecule has 0 N–H and O–H groups in total. The number of ether oxygens (including phenoxy) is 1. The molecule has 0 radical (unpaired) electrons. The summed E-state index contributed by atoms with van der Waals surface area (Å²) in [5.41, 5.74) is 0.194. The third-order valence-corrected chi connectivity index (χ3v) is 1.42. The molecule has 0 unspecified atom stereocenters. The molecule has 1 heterocycles. The average Bonchev–Trinajstić information content (AvgIpc) is 2.19. The number of rotatable bonds is 0. The molecule has 0 aromatic heterocycles. The van der Waals surface area contributed by atoms with Gasteiger partial charge in [-0.15, -0.1) is 0 Å². The standard InChI is InChI=1S/C6H12O.C2H6/c1-6(2)4-3-5-7-6;1-2/h3-5H2,1-2H3;1-2H3. The summed E-state index contributed by atoms with van der Waals surface area (Å²) in [6.45, 7) is 9.24. The van der Waals surface area contributed by atoms with Gasteiger partial charge in [-0.05, 0) is 26.7 Å². The zero-order valence-electron chi connectivity index (χ0n) is 7.03. The lowest BCUT2D eigenvalue weighted by molar-refractivity contribution is 0.0367. The van der Waals surface area contributed by atoms with E-state index in [9.17, 15) is 0 Å². The van der Waals surface area contributed by atoms with Crippen molar-refractivity contribution in [2.75, 3.05) is 6.61 Å². The summed E-state index contributed by atoms with van der Waals surface area (Å²) in [5, 5.41) is 0. The minimum Gasteiger partial charge on any atom is -0.376 e. The van der Waals surface area contributed by atoms with Gasteiger partial charge >= 0.3 is 0 Å². The Hall–Kier alpha value is -0.0400. The molecule has 1 aliphatic heterocycles. The van der Waals surface area contributed by atoms with Crippen molar-refractivity contribution in [3.63, 3.8) is 0 Å². The molecular formula is C8H18O. The van der Waals surface area contributed by atoms with Crippen molar-refractivity contribution in [1.82, 2.24) is 0 Å². The molecule has 0 spiro atoms. The SMILES string of the molecule is CC.CC1(C)CCCO1. The smallest absolute Gasteiger partial charge is 0.0627 e. The second-order valence-electron chi connectivity index (χ2n) is 2.71. The molecule has 0 atom stereocenters. The Morgan fingerprint density at radius 1 is 1.22 bits per heavy atom. The van der Waals surface area contributed by atoms with Gasteiger partial charge < -0.3 is 4.74 Å². The highest BCUT2D eigenvalue weighted by atomic mass is 16.5. The van der Waals surface area contributed by atoms with Gasteiger partial charge in [-0.2, -0.15) is 0 Å². The Balaban J connectivity index is 0.000000291. The molecule has 1 rings (SSSR count). The van der Waals surface area contributed by atoms with E-state index in [1.807, 2.05) is 13.8 Å². The summed E-state index contributed by atoms with van der Waals surface area (Å²) in [7, 11) is 0. The monoisotopic (exact) mass is 130 g/mol. The topological polar surface area (TPSA) is 9.23 Å². The van der Waals surface area contributed by atoms with Crippen molar-refractivity contribution in [3.8, 4) is 0 Å². The van der Waals surface area contributed by atoms with Gasteiger partial charge in [0.25, 0.3) is 0 Å². The molecule has 0 bridgehead atoms. The maximum absolute atomic E-state index is 5.34. The van der Waals surface area contributed by atoms with Gasteiger partial charge in [-0.25, -0.2) is 0 Å². The highest BCUT2D eigenvalue weighted by Crippen LogP contribution is 2.22. The summed E-state index contributed by atoms with van der Waals surface area (Å²) >= 11 is 0. The van der Waals surface area contributed by atoms with Crippen molar-refractivity contribution in [3.05, 3.63) is 0 Å². The van der Waals surface area contributed by atoms with Crippen molar-refractivity contribution in [1.29, 1.82) is 0 Å². The van der Waals surface area contributed by atoms with Crippen LogP contribution in [-0.4, -0.2) is 12.2 Å². The molecule has 0 aliphatic carbocycles. The summed E-state index contributed by atoms with van der Waals surface area (Å²) in [6.07, 6.45) is 2.47. The molecule has 1 heteroatoms. The molecule has 1 saturated heterocycles. The van der Waals surface area contributed by atoms with E-state index >= 15 is 0 Å². The summed E-state index contributed by atoms with van der Waals surface area (Å²) < 4.78 is 5.34. The zero-order chi connectivity index (χ0) is 7.33. The predicted molar refractivity (Wildman–Crippen MR) is 40.6 cm³/mol. The number of hydrogen-bond acceptors (Lipinski definition) is 1. The fourth-order valence-electron chi connectivity index (χ4n) is 0.919. The van der Waals surface area contributed by atoms with Crippen molar-refractivity contribution in [2.24, 2.45) is 0 Å². The molecule has 56 valence electrons. The van der Waals surface area contributed by atoms with Crippen LogP contribution in [0.5, 0.6) is 0 Å². The highest BCUT2D eigenvalue weighted by molar-refractivity contribution is 4.72. The van der Waals surface area contributed by atoms with E-state index in [1.165, 1.54) is 12.8 Å². The molecule has 1 fully saturated rings. The molecule has 0 aromatic carbocycles. The van der Waals surface area contributed by atoms with E-state index < -0.39 is 0 Å². The molecule has 9 heavy (non-hydrogen) atoms. The van der Waals surface area contributed by atoms with E-state index in [-0.39, 0.29) is 5.60 Å². The largest absolute Gasteiger partial charge is 0.376 e. The van der Waals surface area contributed by atoms with Crippen LogP contribution in [0.3, 0.4) is 0 Å². The van der Waals surface area contributed by atoms with Crippen LogP contribution in [0.15, 0.2) is 0 Å². The predicted octanol–water partition coefficient (Wildman–Crippen LogP) is 2.60. The Morgan fingerprint density at radius 3 is 1.89 bits per heavy atom. The first-order chi connectivity index (χ1) is 4.21.